The van der Waals surface area contributed by atoms with E-state index < -0.39 is 17.2 Å². The number of rotatable bonds is 6. The van der Waals surface area contributed by atoms with E-state index in [0.717, 1.165) is 0 Å². The minimum absolute atomic E-state index is 0.238. The van der Waals surface area contributed by atoms with Gasteiger partial charge in [-0.15, -0.1) is 0 Å². The largest absolute Gasteiger partial charge is 0.420 e. The van der Waals surface area contributed by atoms with Crippen LogP contribution in [0, 0.1) is 0 Å². The fraction of sp³-hybridized carbons (Fsp3) is 0.429. The number of aliphatic hydroxyl groups is 2. The number of oxazole rings is 1. The highest BCUT2D eigenvalue weighted by Crippen LogP contribution is 2.12. The molecule has 0 saturated carbocycles. The Morgan fingerprint density at radius 3 is 2.62 bits per heavy atom. The van der Waals surface area contributed by atoms with E-state index in [1.54, 1.807) is 31.2 Å². The van der Waals surface area contributed by atoms with E-state index >= 15 is 0 Å². The Morgan fingerprint density at radius 2 is 2.00 bits per heavy atom. The van der Waals surface area contributed by atoms with Crippen molar-refractivity contribution in [2.75, 3.05) is 13.2 Å². The molecule has 7 nitrogen and oxygen atoms in total. The van der Waals surface area contributed by atoms with Gasteiger partial charge in [-0.25, -0.2) is 4.79 Å². The molecule has 2 aromatic rings. The highest BCUT2D eigenvalue weighted by atomic mass is 16.4. The Balaban J connectivity index is 2.22. The smallest absolute Gasteiger partial charge is 0.408 e. The van der Waals surface area contributed by atoms with Gasteiger partial charge in [0.1, 0.15) is 6.54 Å². The van der Waals surface area contributed by atoms with Crippen molar-refractivity contribution < 1.29 is 19.4 Å². The second-order valence-corrected chi connectivity index (χ2v) is 4.92. The third kappa shape index (κ3) is 2.98. The molecule has 0 aliphatic rings. The topological polar surface area (TPSA) is 105 Å². The number of amides is 1. The van der Waals surface area contributed by atoms with Crippen LogP contribution in [-0.4, -0.2) is 39.4 Å². The summed E-state index contributed by atoms with van der Waals surface area (Å²) in [5, 5.41) is 21.2. The Bertz CT molecular complexity index is 676. The number of aliphatic hydroxyl groups excluding tert-OH is 2. The quantitative estimate of drug-likeness (QED) is 0.687. The second kappa shape index (κ2) is 6.11. The van der Waals surface area contributed by atoms with Gasteiger partial charge in [0.2, 0.25) is 5.91 Å². The number of aromatic nitrogens is 1. The van der Waals surface area contributed by atoms with Crippen LogP contribution in [0.3, 0.4) is 0 Å². The van der Waals surface area contributed by atoms with Gasteiger partial charge in [0, 0.05) is 0 Å². The van der Waals surface area contributed by atoms with Crippen LogP contribution in [0.1, 0.15) is 13.3 Å². The van der Waals surface area contributed by atoms with Crippen molar-refractivity contribution in [3.8, 4) is 0 Å². The maximum absolute atomic E-state index is 12.1. The van der Waals surface area contributed by atoms with E-state index in [2.05, 4.69) is 5.32 Å². The van der Waals surface area contributed by atoms with Crippen molar-refractivity contribution in [2.45, 2.75) is 25.4 Å². The maximum atomic E-state index is 12.1. The van der Waals surface area contributed by atoms with Crippen molar-refractivity contribution >= 4 is 17.0 Å². The summed E-state index contributed by atoms with van der Waals surface area (Å²) in [7, 11) is 0. The normalized spacial score (nSPS) is 11.8. The zero-order valence-corrected chi connectivity index (χ0v) is 11.7. The lowest BCUT2D eigenvalue weighted by Crippen LogP contribution is -2.54. The molecular weight excluding hydrogens is 276 g/mol. The van der Waals surface area contributed by atoms with Gasteiger partial charge in [-0.3, -0.25) is 9.36 Å². The third-order valence-corrected chi connectivity index (χ3v) is 3.56. The molecule has 7 heteroatoms. The Morgan fingerprint density at radius 1 is 1.33 bits per heavy atom. The van der Waals surface area contributed by atoms with Crippen molar-refractivity contribution in [1.29, 1.82) is 0 Å². The van der Waals surface area contributed by atoms with Crippen LogP contribution in [0.5, 0.6) is 0 Å². The lowest BCUT2D eigenvalue weighted by atomic mass is 9.98. The Kier molecular flexibility index (Phi) is 4.44. The minimum atomic E-state index is -1.08. The van der Waals surface area contributed by atoms with E-state index in [4.69, 9.17) is 4.42 Å². The van der Waals surface area contributed by atoms with E-state index in [0.29, 0.717) is 17.5 Å². The summed E-state index contributed by atoms with van der Waals surface area (Å²) < 4.78 is 6.25. The van der Waals surface area contributed by atoms with Gasteiger partial charge in [0.05, 0.1) is 24.3 Å². The number of benzene rings is 1. The molecule has 0 bridgehead atoms. The van der Waals surface area contributed by atoms with Gasteiger partial charge >= 0.3 is 5.76 Å². The van der Waals surface area contributed by atoms with Crippen LogP contribution < -0.4 is 11.1 Å². The van der Waals surface area contributed by atoms with Gasteiger partial charge in [-0.1, -0.05) is 19.1 Å². The molecule has 1 aromatic heterocycles. The average Bonchev–Trinajstić information content (AvgIpc) is 2.81. The van der Waals surface area contributed by atoms with Crippen molar-refractivity contribution in [2.24, 2.45) is 0 Å². The molecule has 0 aliphatic carbocycles. The molecule has 0 spiro atoms. The monoisotopic (exact) mass is 294 g/mol. The summed E-state index contributed by atoms with van der Waals surface area (Å²) in [4.78, 5) is 23.8. The molecule has 0 radical (unpaired) electrons. The highest BCUT2D eigenvalue weighted by molar-refractivity contribution is 5.80. The average molecular weight is 294 g/mol. The van der Waals surface area contributed by atoms with E-state index in [-0.39, 0.29) is 19.8 Å². The van der Waals surface area contributed by atoms with Crippen LogP contribution in [-0.2, 0) is 11.3 Å². The number of nitrogens with one attached hydrogen (secondary N) is 1. The zero-order valence-electron chi connectivity index (χ0n) is 11.7. The highest BCUT2D eigenvalue weighted by Gasteiger charge is 2.28. The first-order valence-electron chi connectivity index (χ1n) is 6.66. The van der Waals surface area contributed by atoms with E-state index in [9.17, 15) is 19.8 Å². The predicted molar refractivity (Wildman–Crippen MR) is 75.8 cm³/mol. The summed E-state index contributed by atoms with van der Waals surface area (Å²) in [6.45, 7) is 0.739. The summed E-state index contributed by atoms with van der Waals surface area (Å²) in [6.07, 6.45) is 0.368. The fourth-order valence-corrected chi connectivity index (χ4v) is 2.08. The Hall–Kier alpha value is -2.12. The summed E-state index contributed by atoms with van der Waals surface area (Å²) in [5.74, 6) is -1.10. The number of hydrogen-bond acceptors (Lipinski definition) is 5. The summed E-state index contributed by atoms with van der Waals surface area (Å²) in [5.41, 5.74) is -0.158. The minimum Gasteiger partial charge on any atom is -0.408 e. The molecule has 0 atom stereocenters. The SMILES string of the molecule is CCC(CO)(CO)NC(=O)Cn1c(=O)oc2ccccc21. The third-order valence-electron chi connectivity index (χ3n) is 3.56. The standard InChI is InChI=1S/C14H18N2O5/c1-2-14(8-17,9-18)15-12(19)7-16-10-5-3-4-6-11(10)21-13(16)20/h3-6,17-18H,2,7-9H2,1H3,(H,15,19). The number of nitrogens with zero attached hydrogens (tertiary/aromatic N) is 1. The van der Waals surface area contributed by atoms with E-state index in [1.165, 1.54) is 4.57 Å². The van der Waals surface area contributed by atoms with Crippen LogP contribution in [0.25, 0.3) is 11.1 Å². The fourth-order valence-electron chi connectivity index (χ4n) is 2.08. The molecule has 3 N–H and O–H groups in total. The second-order valence-electron chi connectivity index (χ2n) is 4.92. The van der Waals surface area contributed by atoms with Crippen molar-refractivity contribution in [1.82, 2.24) is 9.88 Å². The predicted octanol–water partition coefficient (Wildman–Crippen LogP) is -0.156. The first-order valence-corrected chi connectivity index (χ1v) is 6.66. The first kappa shape index (κ1) is 15.3. The summed E-state index contributed by atoms with van der Waals surface area (Å²) in [6, 6.07) is 6.79. The van der Waals surface area contributed by atoms with Gasteiger partial charge in [-0.2, -0.15) is 0 Å². The molecule has 2 rings (SSSR count). The number of fused-ring (bicyclic) bond motifs is 1. The molecule has 21 heavy (non-hydrogen) atoms. The molecule has 0 aliphatic heterocycles. The molecule has 0 unspecified atom stereocenters. The van der Waals surface area contributed by atoms with Crippen LogP contribution in [0.4, 0.5) is 0 Å². The molecule has 1 amide bonds. The molecule has 1 heterocycles. The lowest BCUT2D eigenvalue weighted by molar-refractivity contribution is -0.125. The lowest BCUT2D eigenvalue weighted by Gasteiger charge is -2.29. The van der Waals surface area contributed by atoms with Crippen molar-refractivity contribution in [3.63, 3.8) is 0 Å². The van der Waals surface area contributed by atoms with Gasteiger partial charge in [0.15, 0.2) is 5.58 Å². The molecular formula is C14H18N2O5. The molecule has 1 aromatic carbocycles. The number of hydrogen-bond donors (Lipinski definition) is 3. The van der Waals surface area contributed by atoms with E-state index in [1.807, 2.05) is 0 Å². The van der Waals surface area contributed by atoms with Gasteiger partial charge in [0.25, 0.3) is 0 Å². The number of carbonyl (C=O) groups is 1. The van der Waals surface area contributed by atoms with Crippen molar-refractivity contribution in [3.05, 3.63) is 34.8 Å². The first-order chi connectivity index (χ1) is 10.0. The zero-order chi connectivity index (χ0) is 15.5. The molecule has 0 fully saturated rings. The van der Waals surface area contributed by atoms with Gasteiger partial charge in [-0.05, 0) is 18.6 Å². The van der Waals surface area contributed by atoms with Crippen LogP contribution >= 0.6 is 0 Å². The number of carbonyl (C=O) groups excluding carboxylic acids is 1. The molecule has 0 saturated heterocycles. The molecule has 114 valence electrons. The van der Waals surface area contributed by atoms with Gasteiger partial charge < -0.3 is 19.9 Å². The number of para-hydroxylation sites is 2. The van der Waals surface area contributed by atoms with Crippen LogP contribution in [0.2, 0.25) is 0 Å². The van der Waals surface area contributed by atoms with Crippen LogP contribution in [0.15, 0.2) is 33.5 Å². The summed E-state index contributed by atoms with van der Waals surface area (Å²) >= 11 is 0. The Labute approximate surface area is 120 Å². The maximum Gasteiger partial charge on any atom is 0.420 e.